The molecule has 0 heterocycles. The van der Waals surface area contributed by atoms with Gasteiger partial charge in [-0.25, -0.2) is 0 Å². The average molecular weight is 852 g/mol. The van der Waals surface area contributed by atoms with Crippen molar-refractivity contribution in [2.75, 3.05) is 37.7 Å². The van der Waals surface area contributed by atoms with Gasteiger partial charge in [-0.3, -0.25) is 0 Å². The largest absolute Gasteiger partial charge is 0.370 e. The van der Waals surface area contributed by atoms with Crippen LogP contribution in [-0.2, 0) is 0 Å². The summed E-state index contributed by atoms with van der Waals surface area (Å²) < 4.78 is 0. The van der Waals surface area contributed by atoms with Crippen LogP contribution in [-0.4, -0.2) is 130 Å². The van der Waals surface area contributed by atoms with Crippen molar-refractivity contribution in [2.24, 2.45) is 0 Å². The van der Waals surface area contributed by atoms with Crippen LogP contribution in [0.1, 0.15) is 187 Å². The molecule has 3 atom stereocenters. The first-order valence-corrected chi connectivity index (χ1v) is 33.9. The van der Waals surface area contributed by atoms with Crippen molar-refractivity contribution in [2.45, 2.75) is 233 Å². The molecule has 0 N–H and O–H groups in total. The van der Waals surface area contributed by atoms with E-state index < -0.39 is 42.8 Å². The van der Waals surface area contributed by atoms with Crippen LogP contribution in [0.4, 0.5) is 0 Å². The summed E-state index contributed by atoms with van der Waals surface area (Å²) in [5.74, 6) is 3.11. The molecule has 0 bridgehead atoms. The Bertz CT molecular complexity index is 977. The third-order valence-corrected chi connectivity index (χ3v) is 49.3. The molecule has 0 fully saturated rings. The maximum Gasteiger partial charge on any atom is 0.370 e. The lowest BCUT2D eigenvalue weighted by Crippen LogP contribution is -2.38. The smallest absolute Gasteiger partial charge is 0.0275 e. The Kier molecular flexibility index (Phi) is 20.8. The molecule has 0 rings (SSSR count). The van der Waals surface area contributed by atoms with Crippen molar-refractivity contribution in [3.8, 4) is 0 Å². The zero-order valence-corrected chi connectivity index (χ0v) is 48.1. The quantitative estimate of drug-likeness (QED) is 0.184. The second-order valence-corrected chi connectivity index (χ2v) is 54.7. The van der Waals surface area contributed by atoms with Gasteiger partial charge in [-0.15, -0.1) is 0 Å². The summed E-state index contributed by atoms with van der Waals surface area (Å²) in [6.45, 7) is 68.3. The predicted molar refractivity (Wildman–Crippen MR) is 286 cm³/mol. The lowest BCUT2D eigenvalue weighted by molar-refractivity contribution is 0.701. The molecule has 0 aromatic heterocycles. The summed E-state index contributed by atoms with van der Waals surface area (Å²) in [7, 11) is 31.7. The van der Waals surface area contributed by atoms with Crippen LogP contribution in [0.3, 0.4) is 0 Å². The molecular formula is C42H96B6P6+6. The monoisotopic (exact) mass is 853 g/mol. The highest BCUT2D eigenvalue weighted by Crippen LogP contribution is 2.84. The van der Waals surface area contributed by atoms with E-state index in [-0.39, 0.29) is 46.4 Å². The fourth-order valence-electron chi connectivity index (χ4n) is 6.32. The molecule has 0 saturated heterocycles. The molecule has 306 valence electrons. The topological polar surface area (TPSA) is 0 Å². The van der Waals surface area contributed by atoms with Gasteiger partial charge in [0, 0.05) is 41.4 Å². The average Bonchev–Trinajstić information content (AvgIpc) is 2.77. The number of hydrogen-bond acceptors (Lipinski definition) is 0. The maximum absolute atomic E-state index is 6.99. The lowest BCUT2D eigenvalue weighted by atomic mass is 10.2. The Morgan fingerprint density at radius 1 is 0.222 bits per heavy atom. The van der Waals surface area contributed by atoms with E-state index in [1.54, 1.807) is 0 Å². The van der Waals surface area contributed by atoms with E-state index in [2.05, 4.69) is 207 Å². The normalized spacial score (nSPS) is 18.6. The highest BCUT2D eigenvalue weighted by molar-refractivity contribution is 8.14. The van der Waals surface area contributed by atoms with Crippen LogP contribution in [0.15, 0.2) is 0 Å². The molecule has 0 amide bonds. The van der Waals surface area contributed by atoms with Crippen molar-refractivity contribution < 1.29 is 0 Å². The molecule has 54 heavy (non-hydrogen) atoms. The number of rotatable bonds is 6. The Labute approximate surface area is 357 Å². The summed E-state index contributed by atoms with van der Waals surface area (Å²) in [4.78, 5) is 0. The van der Waals surface area contributed by atoms with Gasteiger partial charge in [0.15, 0.2) is 0 Å². The third kappa shape index (κ3) is 15.4. The zero-order chi connectivity index (χ0) is 45.6. The molecule has 0 aliphatic heterocycles. The van der Waals surface area contributed by atoms with Gasteiger partial charge >= 0.3 is 45.4 Å². The first kappa shape index (κ1) is 61.3. The summed E-state index contributed by atoms with van der Waals surface area (Å²) in [5.41, 5.74) is 0. The van der Waals surface area contributed by atoms with Crippen molar-refractivity contribution in [3.63, 3.8) is 0 Å². The van der Waals surface area contributed by atoms with Gasteiger partial charge in [0.2, 0.25) is 0 Å². The summed E-state index contributed by atoms with van der Waals surface area (Å²) in [6, 6.07) is 0. The van der Waals surface area contributed by atoms with Gasteiger partial charge in [0.1, 0.15) is 17.7 Å². The van der Waals surface area contributed by atoms with Gasteiger partial charge in [0.25, 0.3) is 0 Å². The van der Waals surface area contributed by atoms with Gasteiger partial charge in [-0.05, 0) is 208 Å². The van der Waals surface area contributed by atoms with E-state index in [1.165, 1.54) is 0 Å². The van der Waals surface area contributed by atoms with Gasteiger partial charge < -0.3 is 0 Å². The lowest BCUT2D eigenvalue weighted by Gasteiger charge is -2.48. The number of hydrogen-bond donors (Lipinski definition) is 0. The van der Waals surface area contributed by atoms with Crippen LogP contribution >= 0.6 is 42.8 Å². The molecular weight excluding hydrogens is 755 g/mol. The van der Waals surface area contributed by atoms with E-state index in [0.717, 1.165) is 17.7 Å². The Balaban J connectivity index is -0.000000722. The van der Waals surface area contributed by atoms with Crippen molar-refractivity contribution in [1.29, 1.82) is 0 Å². The first-order valence-electron chi connectivity index (χ1n) is 20.3. The highest BCUT2D eigenvalue weighted by Gasteiger charge is 2.62. The van der Waals surface area contributed by atoms with E-state index in [0.29, 0.717) is 0 Å². The van der Waals surface area contributed by atoms with E-state index in [9.17, 15) is 0 Å². The second-order valence-electron chi connectivity index (χ2n) is 26.4. The Morgan fingerprint density at radius 2 is 0.315 bits per heavy atom. The van der Waals surface area contributed by atoms with E-state index in [4.69, 9.17) is 45.4 Å². The summed E-state index contributed by atoms with van der Waals surface area (Å²) >= 11 is 0. The van der Waals surface area contributed by atoms with Crippen LogP contribution in [0.25, 0.3) is 0 Å². The van der Waals surface area contributed by atoms with E-state index in [1.807, 2.05) is 0 Å². The zero-order valence-electron chi connectivity index (χ0n) is 42.8. The van der Waals surface area contributed by atoms with E-state index >= 15 is 0 Å². The van der Waals surface area contributed by atoms with Crippen molar-refractivity contribution >= 4 is 88.2 Å². The van der Waals surface area contributed by atoms with Gasteiger partial charge in [0.05, 0.1) is 46.4 Å². The SMILES string of the molecule is [B][P+](C)(C[P+]([B])(C(C)(C)C)C(C)(C)C)C(C)(C)C.[B][P+](C)(C[P+]([B])(C(C)(C)C)C(C)(C)C)C(C)(C)C.[B][P+](C)(C[P+]([B])(C(C)(C)C)C(C)(C)C)C(C)(C)C. The maximum atomic E-state index is 6.99. The molecule has 0 nitrogen and oxygen atoms in total. The Morgan fingerprint density at radius 3 is 0.370 bits per heavy atom. The summed E-state index contributed by atoms with van der Waals surface area (Å²) in [5, 5.41) is 1.42. The second kappa shape index (κ2) is 18.4. The van der Waals surface area contributed by atoms with Crippen molar-refractivity contribution in [3.05, 3.63) is 0 Å². The van der Waals surface area contributed by atoms with Crippen LogP contribution in [0, 0.1) is 0 Å². The minimum absolute atomic E-state index is 0.150. The first-order chi connectivity index (χ1) is 22.4. The molecule has 0 saturated carbocycles. The fraction of sp³-hybridized carbons (Fsp3) is 1.00. The molecule has 0 aromatic carbocycles. The van der Waals surface area contributed by atoms with Crippen LogP contribution in [0.2, 0.25) is 0 Å². The predicted octanol–water partition coefficient (Wildman–Crippen LogP) is 15.5. The van der Waals surface area contributed by atoms with Crippen LogP contribution < -0.4 is 0 Å². The molecule has 0 aliphatic rings. The molecule has 3 unspecified atom stereocenters. The molecule has 0 aromatic rings. The molecule has 0 spiro atoms. The fourth-order valence-corrected chi connectivity index (χ4v) is 38.8. The third-order valence-electron chi connectivity index (χ3n) is 13.3. The Hall–Kier alpha value is 2.97. The molecule has 12 radical (unpaired) electrons. The van der Waals surface area contributed by atoms with Crippen LogP contribution in [0.5, 0.6) is 0 Å². The minimum Gasteiger partial charge on any atom is -0.0275 e. The van der Waals surface area contributed by atoms with Crippen molar-refractivity contribution in [1.82, 2.24) is 0 Å². The van der Waals surface area contributed by atoms with Gasteiger partial charge in [-0.1, -0.05) is 0 Å². The summed E-state index contributed by atoms with van der Waals surface area (Å²) in [6.07, 6.45) is 0. The molecule has 0 aliphatic carbocycles. The minimum atomic E-state index is -1.63. The highest BCUT2D eigenvalue weighted by atomic mass is 31.2. The van der Waals surface area contributed by atoms with Gasteiger partial charge in [-0.2, -0.15) is 0 Å². The standard InChI is InChI=1S/3C14H32B2P2/c3*1-12(2,3)17(10,15)11-18(16,13(4,5)6)14(7,8)9/h3*11H2,1-10H3/q3*+2. The molecule has 12 heteroatoms.